The molecule has 0 aliphatic heterocycles. The highest BCUT2D eigenvalue weighted by molar-refractivity contribution is 7.99. The lowest BCUT2D eigenvalue weighted by molar-refractivity contribution is -0.113. The van der Waals surface area contributed by atoms with Gasteiger partial charge in [0.15, 0.2) is 10.8 Å². The first-order chi connectivity index (χ1) is 15.6. The van der Waals surface area contributed by atoms with Crippen molar-refractivity contribution in [2.45, 2.75) is 44.7 Å². The van der Waals surface area contributed by atoms with Crippen LogP contribution in [0, 0.1) is 5.92 Å². The van der Waals surface area contributed by atoms with E-state index in [1.54, 1.807) is 18.4 Å². The Bertz CT molecular complexity index is 1310. The molecule has 1 aliphatic carbocycles. The first-order valence-corrected chi connectivity index (χ1v) is 12.6. The van der Waals surface area contributed by atoms with Crippen LogP contribution in [0.1, 0.15) is 36.5 Å². The average molecular weight is 468 g/mol. The van der Waals surface area contributed by atoms with Crippen molar-refractivity contribution in [3.63, 3.8) is 0 Å². The lowest BCUT2D eigenvalue weighted by atomic mass is 9.89. The maximum absolute atomic E-state index is 12.6. The topological polar surface area (TPSA) is 81.4 Å². The van der Waals surface area contributed by atoms with Crippen LogP contribution in [0.3, 0.4) is 0 Å². The van der Waals surface area contributed by atoms with Crippen molar-refractivity contribution >= 4 is 50.6 Å². The fourth-order valence-corrected chi connectivity index (χ4v) is 6.42. The van der Waals surface area contributed by atoms with E-state index < -0.39 is 0 Å². The van der Waals surface area contributed by atoms with E-state index in [1.807, 2.05) is 28.7 Å². The number of aromatic nitrogens is 4. The molecule has 4 aromatic rings. The Morgan fingerprint density at radius 1 is 1.34 bits per heavy atom. The van der Waals surface area contributed by atoms with Gasteiger partial charge in [0.25, 0.3) is 0 Å². The van der Waals surface area contributed by atoms with Crippen molar-refractivity contribution in [3.05, 3.63) is 40.5 Å². The molecule has 0 radical (unpaired) electrons. The molecule has 1 aromatic carbocycles. The van der Waals surface area contributed by atoms with Crippen molar-refractivity contribution < 1.29 is 9.53 Å². The van der Waals surface area contributed by atoms with Crippen LogP contribution in [-0.2, 0) is 24.1 Å². The number of ether oxygens (including phenoxy) is 1. The number of thioether (sulfide) groups is 1. The number of methoxy groups -OCH3 is 1. The normalized spacial score (nSPS) is 15.8. The van der Waals surface area contributed by atoms with Crippen LogP contribution in [-0.4, -0.2) is 38.4 Å². The largest absolute Gasteiger partial charge is 0.495 e. The molecule has 1 N–H and O–H groups in total. The first kappa shape index (κ1) is 21.2. The highest BCUT2D eigenvalue weighted by atomic mass is 32.2. The summed E-state index contributed by atoms with van der Waals surface area (Å²) >= 11 is 3.18. The zero-order valence-electron chi connectivity index (χ0n) is 18.3. The van der Waals surface area contributed by atoms with Crippen LogP contribution in [0.15, 0.2) is 29.4 Å². The van der Waals surface area contributed by atoms with Gasteiger partial charge in [-0.1, -0.05) is 37.7 Å². The lowest BCUT2D eigenvalue weighted by Gasteiger charge is -2.17. The van der Waals surface area contributed by atoms with Crippen LogP contribution in [0.4, 0.5) is 5.69 Å². The number of rotatable bonds is 6. The Balaban J connectivity index is 1.45. The number of carbonyl (C=O) groups is 1. The van der Waals surface area contributed by atoms with E-state index in [4.69, 9.17) is 9.72 Å². The molecule has 3 heterocycles. The minimum atomic E-state index is -0.120. The van der Waals surface area contributed by atoms with Crippen molar-refractivity contribution in [1.29, 1.82) is 0 Å². The van der Waals surface area contributed by atoms with Gasteiger partial charge in [0.1, 0.15) is 16.4 Å². The molecule has 32 heavy (non-hydrogen) atoms. The van der Waals surface area contributed by atoms with Gasteiger partial charge in [0.2, 0.25) is 5.91 Å². The molecule has 0 saturated heterocycles. The molecular weight excluding hydrogens is 442 g/mol. The average Bonchev–Trinajstić information content (AvgIpc) is 3.38. The summed E-state index contributed by atoms with van der Waals surface area (Å²) in [4.78, 5) is 20.1. The van der Waals surface area contributed by atoms with Gasteiger partial charge in [-0.3, -0.25) is 9.20 Å². The van der Waals surface area contributed by atoms with E-state index in [9.17, 15) is 4.79 Å². The number of para-hydroxylation sites is 2. The fraction of sp³-hybridized carbons (Fsp3) is 0.391. The van der Waals surface area contributed by atoms with Crippen LogP contribution in [0.2, 0.25) is 0 Å². The number of anilines is 1. The summed E-state index contributed by atoms with van der Waals surface area (Å²) in [5.74, 6) is 2.37. The molecule has 5 rings (SSSR count). The molecule has 1 aliphatic rings. The summed E-state index contributed by atoms with van der Waals surface area (Å²) in [6.07, 6.45) is 4.14. The summed E-state index contributed by atoms with van der Waals surface area (Å²) in [6, 6.07) is 7.38. The Hall–Kier alpha value is -2.65. The second-order valence-electron chi connectivity index (χ2n) is 8.09. The van der Waals surface area contributed by atoms with Crippen molar-refractivity contribution in [2.24, 2.45) is 5.92 Å². The van der Waals surface area contributed by atoms with Crippen LogP contribution in [0.5, 0.6) is 5.75 Å². The molecule has 1 unspecified atom stereocenters. The van der Waals surface area contributed by atoms with Gasteiger partial charge in [0, 0.05) is 11.3 Å². The Morgan fingerprint density at radius 2 is 2.19 bits per heavy atom. The van der Waals surface area contributed by atoms with Gasteiger partial charge in [-0.15, -0.1) is 21.5 Å². The Morgan fingerprint density at radius 3 is 3.00 bits per heavy atom. The van der Waals surface area contributed by atoms with Gasteiger partial charge in [0.05, 0.1) is 23.9 Å². The van der Waals surface area contributed by atoms with Crippen molar-refractivity contribution in [2.75, 3.05) is 18.2 Å². The maximum atomic E-state index is 12.6. The molecule has 7 nitrogen and oxygen atoms in total. The third-order valence-electron chi connectivity index (χ3n) is 5.87. The summed E-state index contributed by atoms with van der Waals surface area (Å²) < 4.78 is 7.35. The van der Waals surface area contributed by atoms with E-state index in [0.29, 0.717) is 22.5 Å². The smallest absolute Gasteiger partial charge is 0.234 e. The number of nitrogens with zero attached hydrogens (tertiary/aromatic N) is 4. The highest BCUT2D eigenvalue weighted by Gasteiger charge is 2.25. The number of amides is 1. The first-order valence-electron chi connectivity index (χ1n) is 10.8. The van der Waals surface area contributed by atoms with Gasteiger partial charge in [-0.25, -0.2) is 4.98 Å². The zero-order valence-corrected chi connectivity index (χ0v) is 20.0. The number of carbonyl (C=O) groups excluding carboxylic acids is 1. The fourth-order valence-electron chi connectivity index (χ4n) is 4.27. The van der Waals surface area contributed by atoms with E-state index in [1.165, 1.54) is 28.6 Å². The minimum Gasteiger partial charge on any atom is -0.495 e. The SMILES string of the molecule is CCc1nc2sc3c(c2c2nnc(SCC(=O)Nc4ccccc4OC)n12)CCC(C)C3. The zero-order chi connectivity index (χ0) is 22.2. The molecule has 9 heteroatoms. The highest BCUT2D eigenvalue weighted by Crippen LogP contribution is 2.39. The lowest BCUT2D eigenvalue weighted by Crippen LogP contribution is -2.15. The number of hydrogen-bond acceptors (Lipinski definition) is 7. The molecular formula is C23H25N5O2S2. The molecule has 166 valence electrons. The van der Waals surface area contributed by atoms with Crippen LogP contribution >= 0.6 is 23.1 Å². The second-order valence-corrected chi connectivity index (χ2v) is 10.1. The molecule has 0 spiro atoms. The minimum absolute atomic E-state index is 0.120. The third kappa shape index (κ3) is 3.73. The molecule has 0 fully saturated rings. The Kier molecular flexibility index (Phi) is 5.77. The summed E-state index contributed by atoms with van der Waals surface area (Å²) in [7, 11) is 1.59. The maximum Gasteiger partial charge on any atom is 0.234 e. The monoisotopic (exact) mass is 467 g/mol. The predicted molar refractivity (Wildman–Crippen MR) is 129 cm³/mol. The van der Waals surface area contributed by atoms with Crippen LogP contribution < -0.4 is 10.1 Å². The number of thiophene rings is 1. The van der Waals surface area contributed by atoms with Gasteiger partial charge < -0.3 is 10.1 Å². The van der Waals surface area contributed by atoms with E-state index in [2.05, 4.69) is 29.4 Å². The number of fused-ring (bicyclic) bond motifs is 5. The number of nitrogens with one attached hydrogen (secondary N) is 1. The number of hydrogen-bond donors (Lipinski definition) is 1. The number of aryl methyl sites for hydroxylation is 2. The summed E-state index contributed by atoms with van der Waals surface area (Å²) in [5.41, 5.74) is 2.91. The van der Waals surface area contributed by atoms with Crippen molar-refractivity contribution in [1.82, 2.24) is 19.6 Å². The quantitative estimate of drug-likeness (QED) is 0.412. The summed E-state index contributed by atoms with van der Waals surface area (Å²) in [6.45, 7) is 4.40. The van der Waals surface area contributed by atoms with Crippen LogP contribution in [0.25, 0.3) is 15.9 Å². The van der Waals surface area contributed by atoms with E-state index >= 15 is 0 Å². The standard InChI is InChI=1S/C23H25N5O2S2/c1-4-18-25-22-20(14-10-9-13(2)11-17(14)32-22)21-26-27-23(28(18)21)31-12-19(29)24-15-7-5-6-8-16(15)30-3/h5-8,13H,4,9-12H2,1-3H3,(H,24,29). The molecule has 1 atom stereocenters. The van der Waals surface area contributed by atoms with Gasteiger partial charge >= 0.3 is 0 Å². The molecule has 0 bridgehead atoms. The second kappa shape index (κ2) is 8.71. The van der Waals surface area contributed by atoms with E-state index in [-0.39, 0.29) is 11.7 Å². The Labute approximate surface area is 194 Å². The van der Waals surface area contributed by atoms with Gasteiger partial charge in [-0.2, -0.15) is 0 Å². The van der Waals surface area contributed by atoms with E-state index in [0.717, 1.165) is 41.0 Å². The predicted octanol–water partition coefficient (Wildman–Crippen LogP) is 4.77. The van der Waals surface area contributed by atoms with Crippen molar-refractivity contribution in [3.8, 4) is 5.75 Å². The molecule has 0 saturated carbocycles. The summed E-state index contributed by atoms with van der Waals surface area (Å²) in [5, 5.41) is 13.8. The number of benzene rings is 1. The molecule has 3 aromatic heterocycles. The van der Waals surface area contributed by atoms with Gasteiger partial charge in [-0.05, 0) is 42.9 Å². The molecule has 1 amide bonds. The third-order valence-corrected chi connectivity index (χ3v) is 7.95.